The molecule has 2 aromatic carbocycles. The van der Waals surface area contributed by atoms with Crippen molar-refractivity contribution in [2.24, 2.45) is 5.92 Å². The van der Waals surface area contributed by atoms with Gasteiger partial charge in [0.2, 0.25) is 5.91 Å². The van der Waals surface area contributed by atoms with Crippen molar-refractivity contribution in [3.63, 3.8) is 0 Å². The van der Waals surface area contributed by atoms with E-state index in [9.17, 15) is 18.0 Å². The third-order valence-corrected chi connectivity index (χ3v) is 8.07. The zero-order chi connectivity index (χ0) is 27.2. The molecule has 3 aromatic rings. The molecule has 7 nitrogen and oxygen atoms in total. The predicted octanol–water partition coefficient (Wildman–Crippen LogP) is 5.39. The molecule has 0 saturated carbocycles. The van der Waals surface area contributed by atoms with Gasteiger partial charge in [0, 0.05) is 0 Å². The summed E-state index contributed by atoms with van der Waals surface area (Å²) in [6.07, 6.45) is 3.47. The van der Waals surface area contributed by atoms with Crippen molar-refractivity contribution in [2.75, 3.05) is 5.75 Å². The third kappa shape index (κ3) is 7.68. The highest BCUT2D eigenvalue weighted by Gasteiger charge is 2.33. The van der Waals surface area contributed by atoms with Gasteiger partial charge in [-0.25, -0.2) is 13.2 Å². The van der Waals surface area contributed by atoms with Crippen LogP contribution in [0, 0.1) is 12.8 Å². The monoisotopic (exact) mass is 527 g/mol. The van der Waals surface area contributed by atoms with Crippen LogP contribution in [0.5, 0.6) is 0 Å². The number of carbonyl (C=O) groups is 2. The minimum atomic E-state index is -3.84. The van der Waals surface area contributed by atoms with Gasteiger partial charge in [-0.1, -0.05) is 62.2 Å². The number of hydrogen-bond acceptors (Lipinski definition) is 6. The Morgan fingerprint density at radius 2 is 1.76 bits per heavy atom. The van der Waals surface area contributed by atoms with Crippen LogP contribution in [0.3, 0.4) is 0 Å². The number of benzene rings is 2. The number of furan rings is 1. The highest BCUT2D eigenvalue weighted by molar-refractivity contribution is 7.91. The van der Waals surface area contributed by atoms with E-state index in [1.54, 1.807) is 27.7 Å². The van der Waals surface area contributed by atoms with Gasteiger partial charge in [0.25, 0.3) is 0 Å². The van der Waals surface area contributed by atoms with Crippen molar-refractivity contribution in [3.05, 3.63) is 66.1 Å². The summed E-state index contributed by atoms with van der Waals surface area (Å²) in [6.45, 7) is 8.89. The van der Waals surface area contributed by atoms with Crippen molar-refractivity contribution >= 4 is 32.5 Å². The number of esters is 1. The minimum absolute atomic E-state index is 0.0675. The number of carbonyl (C=O) groups excluding carboxylic acids is 2. The summed E-state index contributed by atoms with van der Waals surface area (Å²) in [4.78, 5) is 26.6. The lowest BCUT2D eigenvalue weighted by Crippen LogP contribution is -2.47. The first kappa shape index (κ1) is 28.4. The quantitative estimate of drug-likeness (QED) is 0.335. The van der Waals surface area contributed by atoms with Gasteiger partial charge in [0.1, 0.15) is 22.3 Å². The largest absolute Gasteiger partial charge is 0.468 e. The van der Waals surface area contributed by atoms with E-state index in [4.69, 9.17) is 9.15 Å². The molecule has 1 N–H and O–H groups in total. The summed E-state index contributed by atoms with van der Waals surface area (Å²) in [5.41, 5.74) is 0.149. The average molecular weight is 528 g/mol. The van der Waals surface area contributed by atoms with Crippen LogP contribution in [-0.4, -0.2) is 37.7 Å². The summed E-state index contributed by atoms with van der Waals surface area (Å²) in [6, 6.07) is 14.1. The fourth-order valence-electron chi connectivity index (χ4n) is 4.33. The third-order valence-electron chi connectivity index (χ3n) is 6.14. The first-order valence-corrected chi connectivity index (χ1v) is 14.3. The van der Waals surface area contributed by atoms with Crippen LogP contribution in [0.25, 0.3) is 10.8 Å². The molecule has 37 heavy (non-hydrogen) atoms. The fourth-order valence-corrected chi connectivity index (χ4v) is 6.06. The van der Waals surface area contributed by atoms with E-state index in [0.717, 1.165) is 22.8 Å². The molecule has 0 aliphatic carbocycles. The Balaban J connectivity index is 1.94. The molecule has 2 atom stereocenters. The number of fused-ring (bicyclic) bond motifs is 1. The Labute approximate surface area is 219 Å². The van der Waals surface area contributed by atoms with Crippen LogP contribution >= 0.6 is 0 Å². The molecule has 1 heterocycles. The summed E-state index contributed by atoms with van der Waals surface area (Å²) < 4.78 is 37.4. The smallest absolute Gasteiger partial charge is 0.329 e. The Morgan fingerprint density at radius 3 is 2.41 bits per heavy atom. The second kappa shape index (κ2) is 11.9. The molecule has 3 rings (SSSR count). The van der Waals surface area contributed by atoms with Crippen LogP contribution in [-0.2, 0) is 30.6 Å². The molecule has 0 spiro atoms. The number of rotatable bonds is 11. The summed E-state index contributed by atoms with van der Waals surface area (Å²) in [7, 11) is -3.84. The van der Waals surface area contributed by atoms with Gasteiger partial charge in [-0.2, -0.15) is 0 Å². The fraction of sp³-hybridized carbons (Fsp3) is 0.448. The molecular formula is C29H37NO6S. The lowest BCUT2D eigenvalue weighted by atomic mass is 9.95. The standard InChI is InChI=1S/C29H37NO6S/c1-6-7-15-25(28(32)36-29(3,4)5)30-27(31)23(19-37(33,34)26-16-17-35-20(26)2)18-22-13-10-12-21-11-8-9-14-24(21)22/h8-14,16-17,23,25H,6-7,15,18-19H2,1-5H3,(H,30,31)/t23?,25-/m0/s1. The molecule has 0 aliphatic heterocycles. The first-order valence-electron chi connectivity index (χ1n) is 12.7. The van der Waals surface area contributed by atoms with Gasteiger partial charge in [-0.15, -0.1) is 0 Å². The van der Waals surface area contributed by atoms with Crippen LogP contribution < -0.4 is 5.32 Å². The number of nitrogens with one attached hydrogen (secondary N) is 1. The SMILES string of the molecule is CCCC[C@H](NC(=O)C(Cc1cccc2ccccc12)CS(=O)(=O)c1ccoc1C)C(=O)OC(C)(C)C. The maximum Gasteiger partial charge on any atom is 0.329 e. The van der Waals surface area contributed by atoms with E-state index in [1.807, 2.05) is 49.4 Å². The second-order valence-electron chi connectivity index (χ2n) is 10.4. The lowest BCUT2D eigenvalue weighted by Gasteiger charge is -2.26. The molecule has 0 bridgehead atoms. The lowest BCUT2D eigenvalue weighted by molar-refractivity contribution is -0.159. The average Bonchev–Trinajstić information content (AvgIpc) is 3.27. The van der Waals surface area contributed by atoms with E-state index in [-0.39, 0.29) is 17.1 Å². The summed E-state index contributed by atoms with van der Waals surface area (Å²) >= 11 is 0. The predicted molar refractivity (Wildman–Crippen MR) is 144 cm³/mol. The van der Waals surface area contributed by atoms with E-state index in [2.05, 4.69) is 5.32 Å². The number of sulfone groups is 1. The second-order valence-corrected chi connectivity index (χ2v) is 12.4. The Hall–Kier alpha value is -3.13. The Morgan fingerprint density at radius 1 is 1.05 bits per heavy atom. The number of ether oxygens (including phenoxy) is 1. The maximum absolute atomic E-state index is 13.7. The molecule has 8 heteroatoms. The van der Waals surface area contributed by atoms with Gasteiger partial charge >= 0.3 is 5.97 Å². The van der Waals surface area contributed by atoms with E-state index >= 15 is 0 Å². The van der Waals surface area contributed by atoms with Crippen LogP contribution in [0.4, 0.5) is 0 Å². The van der Waals surface area contributed by atoms with Crippen molar-refractivity contribution in [2.45, 2.75) is 76.8 Å². The zero-order valence-corrected chi connectivity index (χ0v) is 23.1. The summed E-state index contributed by atoms with van der Waals surface area (Å²) in [5, 5.41) is 4.78. The first-order chi connectivity index (χ1) is 17.4. The highest BCUT2D eigenvalue weighted by atomic mass is 32.2. The van der Waals surface area contributed by atoms with Crippen LogP contribution in [0.2, 0.25) is 0 Å². The molecule has 1 amide bonds. The molecule has 1 aromatic heterocycles. The van der Waals surface area contributed by atoms with Gasteiger partial charge in [-0.05, 0) is 62.9 Å². The normalized spacial score (nSPS) is 13.8. The molecule has 0 saturated heterocycles. The van der Waals surface area contributed by atoms with E-state index in [1.165, 1.54) is 12.3 Å². The van der Waals surface area contributed by atoms with Crippen LogP contribution in [0.15, 0.2) is 64.1 Å². The van der Waals surface area contributed by atoms with Gasteiger partial charge in [0.15, 0.2) is 9.84 Å². The number of hydrogen-bond donors (Lipinski definition) is 1. The minimum Gasteiger partial charge on any atom is -0.468 e. The highest BCUT2D eigenvalue weighted by Crippen LogP contribution is 2.25. The van der Waals surface area contributed by atoms with Gasteiger partial charge < -0.3 is 14.5 Å². The van der Waals surface area contributed by atoms with E-state index in [0.29, 0.717) is 12.8 Å². The molecular weight excluding hydrogens is 490 g/mol. The van der Waals surface area contributed by atoms with Crippen molar-refractivity contribution < 1.29 is 27.2 Å². The molecule has 0 radical (unpaired) electrons. The number of unbranched alkanes of at least 4 members (excludes halogenated alkanes) is 1. The van der Waals surface area contributed by atoms with Gasteiger partial charge in [-0.3, -0.25) is 4.79 Å². The molecule has 200 valence electrons. The Kier molecular flexibility index (Phi) is 9.18. The van der Waals surface area contributed by atoms with E-state index < -0.39 is 45.0 Å². The maximum atomic E-state index is 13.7. The summed E-state index contributed by atoms with van der Waals surface area (Å²) in [5.74, 6) is -2.09. The zero-order valence-electron chi connectivity index (χ0n) is 22.2. The molecule has 1 unspecified atom stereocenters. The topological polar surface area (TPSA) is 103 Å². The Bertz CT molecular complexity index is 1330. The number of aryl methyl sites for hydroxylation is 1. The molecule has 0 fully saturated rings. The van der Waals surface area contributed by atoms with Crippen molar-refractivity contribution in [3.8, 4) is 0 Å². The van der Waals surface area contributed by atoms with Gasteiger partial charge in [0.05, 0.1) is 17.9 Å². The number of amides is 1. The van der Waals surface area contributed by atoms with Crippen molar-refractivity contribution in [1.82, 2.24) is 5.32 Å². The van der Waals surface area contributed by atoms with Crippen LogP contribution in [0.1, 0.15) is 58.3 Å². The molecule has 0 aliphatic rings. The van der Waals surface area contributed by atoms with Crippen molar-refractivity contribution in [1.29, 1.82) is 0 Å².